The van der Waals surface area contributed by atoms with Gasteiger partial charge in [-0.2, -0.15) is 0 Å². The Labute approximate surface area is 162 Å². The molecule has 1 aliphatic heterocycles. The van der Waals surface area contributed by atoms with Gasteiger partial charge in [-0.15, -0.1) is 0 Å². The van der Waals surface area contributed by atoms with Gasteiger partial charge in [0.1, 0.15) is 17.5 Å². The third-order valence-electron chi connectivity index (χ3n) is 4.69. The van der Waals surface area contributed by atoms with Crippen LogP contribution in [0.1, 0.15) is 10.4 Å². The molecule has 28 heavy (non-hydrogen) atoms. The van der Waals surface area contributed by atoms with Crippen LogP contribution in [0.2, 0.25) is 0 Å². The first kappa shape index (κ1) is 17.9. The van der Waals surface area contributed by atoms with Crippen LogP contribution in [0, 0.1) is 5.82 Å². The predicted molar refractivity (Wildman–Crippen MR) is 106 cm³/mol. The molecule has 2 aromatic heterocycles. The molecule has 1 fully saturated rings. The normalized spacial score (nSPS) is 14.0. The molecule has 1 amide bonds. The van der Waals surface area contributed by atoms with E-state index >= 15 is 0 Å². The summed E-state index contributed by atoms with van der Waals surface area (Å²) in [6.07, 6.45) is 3.30. The van der Waals surface area contributed by atoms with Gasteiger partial charge < -0.3 is 15.1 Å². The smallest absolute Gasteiger partial charge is 0.255 e. The Morgan fingerprint density at radius 1 is 0.929 bits per heavy atom. The quantitative estimate of drug-likeness (QED) is 0.756. The number of nitrogens with one attached hydrogen (secondary N) is 1. The van der Waals surface area contributed by atoms with Gasteiger partial charge in [0.2, 0.25) is 0 Å². The van der Waals surface area contributed by atoms with Gasteiger partial charge >= 0.3 is 0 Å². The number of carbonyl (C=O) groups excluding carboxylic acids is 1. The SMILES string of the molecule is O=C(c1ccc(Nc2ccccc2F)nc1)N1CCN(c2ccccn2)CC1. The molecule has 0 spiro atoms. The number of amides is 1. The minimum absolute atomic E-state index is 0.0504. The molecule has 0 bridgehead atoms. The fraction of sp³-hybridized carbons (Fsp3) is 0.190. The highest BCUT2D eigenvalue weighted by Gasteiger charge is 2.23. The van der Waals surface area contributed by atoms with E-state index in [1.54, 1.807) is 36.5 Å². The number of pyridine rings is 2. The van der Waals surface area contributed by atoms with Gasteiger partial charge in [-0.3, -0.25) is 4.79 Å². The number of aromatic nitrogens is 2. The standard InChI is InChI=1S/C21H20FN5O/c22-17-5-1-2-6-18(17)25-19-9-8-16(15-24-19)21(28)27-13-11-26(12-14-27)20-7-3-4-10-23-20/h1-10,15H,11-14H2,(H,24,25). The van der Waals surface area contributed by atoms with Crippen molar-refractivity contribution in [2.45, 2.75) is 0 Å². The van der Waals surface area contributed by atoms with E-state index < -0.39 is 0 Å². The van der Waals surface area contributed by atoms with Crippen LogP contribution < -0.4 is 10.2 Å². The molecule has 6 nitrogen and oxygen atoms in total. The average molecular weight is 377 g/mol. The number of para-hydroxylation sites is 1. The van der Waals surface area contributed by atoms with E-state index in [-0.39, 0.29) is 11.7 Å². The number of anilines is 3. The number of rotatable bonds is 4. The summed E-state index contributed by atoms with van der Waals surface area (Å²) in [5, 5.41) is 2.92. The number of benzene rings is 1. The van der Waals surface area contributed by atoms with Crippen LogP contribution in [-0.2, 0) is 0 Å². The summed E-state index contributed by atoms with van der Waals surface area (Å²) in [5.74, 6) is 1.02. The molecule has 1 aliphatic rings. The van der Waals surface area contributed by atoms with Gasteiger partial charge in [-0.1, -0.05) is 18.2 Å². The second-order valence-corrected chi connectivity index (χ2v) is 6.50. The summed E-state index contributed by atoms with van der Waals surface area (Å²) in [5.41, 5.74) is 0.866. The summed E-state index contributed by atoms with van der Waals surface area (Å²) in [7, 11) is 0. The Balaban J connectivity index is 1.37. The summed E-state index contributed by atoms with van der Waals surface area (Å²) >= 11 is 0. The van der Waals surface area contributed by atoms with Crippen molar-refractivity contribution in [3.05, 3.63) is 78.4 Å². The summed E-state index contributed by atoms with van der Waals surface area (Å²) in [6.45, 7) is 2.74. The first-order chi connectivity index (χ1) is 13.7. The molecule has 0 aliphatic carbocycles. The van der Waals surface area contributed by atoms with Gasteiger partial charge in [0, 0.05) is 38.6 Å². The monoisotopic (exact) mass is 377 g/mol. The minimum Gasteiger partial charge on any atom is -0.353 e. The molecule has 3 aromatic rings. The predicted octanol–water partition coefficient (Wildman–Crippen LogP) is 3.32. The lowest BCUT2D eigenvalue weighted by Crippen LogP contribution is -2.49. The Hall–Kier alpha value is -3.48. The van der Waals surface area contributed by atoms with Crippen molar-refractivity contribution in [1.82, 2.24) is 14.9 Å². The van der Waals surface area contributed by atoms with Crippen LogP contribution in [0.4, 0.5) is 21.7 Å². The highest BCUT2D eigenvalue weighted by molar-refractivity contribution is 5.94. The van der Waals surface area contributed by atoms with Crippen molar-refractivity contribution in [1.29, 1.82) is 0 Å². The van der Waals surface area contributed by atoms with Crippen LogP contribution in [0.3, 0.4) is 0 Å². The van der Waals surface area contributed by atoms with Crippen molar-refractivity contribution in [2.75, 3.05) is 36.4 Å². The van der Waals surface area contributed by atoms with E-state index in [1.165, 1.54) is 12.3 Å². The van der Waals surface area contributed by atoms with Gasteiger partial charge in [-0.25, -0.2) is 14.4 Å². The highest BCUT2D eigenvalue weighted by atomic mass is 19.1. The molecular weight excluding hydrogens is 357 g/mol. The third kappa shape index (κ3) is 3.93. The number of nitrogens with zero attached hydrogens (tertiary/aromatic N) is 4. The van der Waals surface area contributed by atoms with E-state index in [0.717, 1.165) is 18.9 Å². The zero-order chi connectivity index (χ0) is 19.3. The first-order valence-electron chi connectivity index (χ1n) is 9.13. The molecule has 7 heteroatoms. The molecule has 3 heterocycles. The Morgan fingerprint density at radius 2 is 1.71 bits per heavy atom. The summed E-state index contributed by atoms with van der Waals surface area (Å²) < 4.78 is 13.7. The van der Waals surface area contributed by atoms with E-state index in [9.17, 15) is 9.18 Å². The lowest BCUT2D eigenvalue weighted by Gasteiger charge is -2.35. The van der Waals surface area contributed by atoms with Crippen LogP contribution in [0.5, 0.6) is 0 Å². The summed E-state index contributed by atoms with van der Waals surface area (Å²) in [4.78, 5) is 25.3. The number of hydrogen-bond donors (Lipinski definition) is 1. The molecule has 4 rings (SSSR count). The highest BCUT2D eigenvalue weighted by Crippen LogP contribution is 2.19. The van der Waals surface area contributed by atoms with Crippen molar-refractivity contribution in [2.24, 2.45) is 0 Å². The maximum absolute atomic E-state index is 13.7. The maximum Gasteiger partial charge on any atom is 0.255 e. The van der Waals surface area contributed by atoms with E-state index in [4.69, 9.17) is 0 Å². The third-order valence-corrected chi connectivity index (χ3v) is 4.69. The van der Waals surface area contributed by atoms with E-state index in [2.05, 4.69) is 20.2 Å². The molecule has 142 valence electrons. The first-order valence-corrected chi connectivity index (χ1v) is 9.13. The summed E-state index contributed by atoms with van der Waals surface area (Å²) in [6, 6.07) is 15.6. The van der Waals surface area contributed by atoms with Crippen LogP contribution >= 0.6 is 0 Å². The van der Waals surface area contributed by atoms with Crippen LogP contribution in [0.25, 0.3) is 0 Å². The van der Waals surface area contributed by atoms with Crippen molar-refractivity contribution in [3.63, 3.8) is 0 Å². The van der Waals surface area contributed by atoms with Gasteiger partial charge in [0.25, 0.3) is 5.91 Å². The molecule has 0 saturated carbocycles. The number of halogens is 1. The number of piperazine rings is 1. The number of carbonyl (C=O) groups is 1. The molecule has 0 radical (unpaired) electrons. The Morgan fingerprint density at radius 3 is 2.39 bits per heavy atom. The molecule has 1 saturated heterocycles. The molecule has 1 aromatic carbocycles. The molecule has 1 N–H and O–H groups in total. The molecule has 0 unspecified atom stereocenters. The Kier molecular flexibility index (Phi) is 5.14. The zero-order valence-electron chi connectivity index (χ0n) is 15.3. The maximum atomic E-state index is 13.7. The lowest BCUT2D eigenvalue weighted by molar-refractivity contribution is 0.0746. The fourth-order valence-electron chi connectivity index (χ4n) is 3.16. The topological polar surface area (TPSA) is 61.4 Å². The Bertz CT molecular complexity index is 941. The van der Waals surface area contributed by atoms with E-state index in [0.29, 0.717) is 30.2 Å². The van der Waals surface area contributed by atoms with Gasteiger partial charge in [0.15, 0.2) is 0 Å². The van der Waals surface area contributed by atoms with E-state index in [1.807, 2.05) is 23.1 Å². The number of hydrogen-bond acceptors (Lipinski definition) is 5. The molecule has 0 atom stereocenters. The lowest BCUT2D eigenvalue weighted by atomic mass is 10.2. The second-order valence-electron chi connectivity index (χ2n) is 6.50. The fourth-order valence-corrected chi connectivity index (χ4v) is 3.16. The average Bonchev–Trinajstić information content (AvgIpc) is 2.76. The van der Waals surface area contributed by atoms with Crippen molar-refractivity contribution in [3.8, 4) is 0 Å². The largest absolute Gasteiger partial charge is 0.353 e. The minimum atomic E-state index is -0.352. The zero-order valence-corrected chi connectivity index (χ0v) is 15.3. The van der Waals surface area contributed by atoms with Crippen LogP contribution in [0.15, 0.2) is 67.0 Å². The van der Waals surface area contributed by atoms with Gasteiger partial charge in [-0.05, 0) is 36.4 Å². The second kappa shape index (κ2) is 8.04. The van der Waals surface area contributed by atoms with Crippen molar-refractivity contribution < 1.29 is 9.18 Å². The van der Waals surface area contributed by atoms with Crippen LogP contribution in [-0.4, -0.2) is 47.0 Å². The van der Waals surface area contributed by atoms with Crippen molar-refractivity contribution >= 4 is 23.2 Å². The van der Waals surface area contributed by atoms with Gasteiger partial charge in [0.05, 0.1) is 11.3 Å². The molecular formula is C21H20FN5O.